The van der Waals surface area contributed by atoms with E-state index in [-0.39, 0.29) is 18.2 Å². The van der Waals surface area contributed by atoms with E-state index in [0.717, 1.165) is 52.6 Å². The summed E-state index contributed by atoms with van der Waals surface area (Å²) in [5.74, 6) is 1.71. The molecule has 0 radical (unpaired) electrons. The topological polar surface area (TPSA) is 43.4 Å². The third-order valence-electron chi connectivity index (χ3n) is 7.38. The highest BCUT2D eigenvalue weighted by molar-refractivity contribution is 6.10. The van der Waals surface area contributed by atoms with Crippen molar-refractivity contribution in [1.29, 1.82) is 0 Å². The number of methoxy groups -OCH3 is 1. The van der Waals surface area contributed by atoms with Crippen LogP contribution in [0.3, 0.4) is 0 Å². The molecule has 1 aromatic heterocycles. The van der Waals surface area contributed by atoms with Crippen molar-refractivity contribution in [3.05, 3.63) is 103 Å². The third kappa shape index (κ3) is 4.08. The van der Waals surface area contributed by atoms with Gasteiger partial charge >= 0.3 is 0 Å². The van der Waals surface area contributed by atoms with Crippen molar-refractivity contribution in [2.75, 3.05) is 7.11 Å². The Morgan fingerprint density at radius 3 is 2.56 bits per heavy atom. The summed E-state index contributed by atoms with van der Waals surface area (Å²) in [6.07, 6.45) is 6.92. The Hall–Kier alpha value is -3.89. The number of nitrogens with zero attached hydrogens (tertiary/aromatic N) is 1. The number of ether oxygens (including phenoxy) is 2. The minimum atomic E-state index is -0.213. The van der Waals surface area contributed by atoms with E-state index in [9.17, 15) is 0 Å². The summed E-state index contributed by atoms with van der Waals surface area (Å²) in [5, 5.41) is 9.58. The summed E-state index contributed by atoms with van der Waals surface area (Å²) in [7, 11) is 1.70. The Bertz CT molecular complexity index is 1560. The fourth-order valence-electron chi connectivity index (χ4n) is 5.56. The van der Waals surface area contributed by atoms with Crippen LogP contribution in [0.2, 0.25) is 0 Å². The van der Waals surface area contributed by atoms with Crippen molar-refractivity contribution < 1.29 is 9.47 Å². The summed E-state index contributed by atoms with van der Waals surface area (Å²) in [6, 6.07) is 27.7. The molecule has 2 heterocycles. The largest absolute Gasteiger partial charge is 0.497 e. The number of benzene rings is 4. The number of rotatable bonds is 6. The van der Waals surface area contributed by atoms with Gasteiger partial charge in [0.1, 0.15) is 17.6 Å². The summed E-state index contributed by atoms with van der Waals surface area (Å²) < 4.78 is 12.6. The number of pyridine rings is 1. The predicted molar refractivity (Wildman–Crippen MR) is 148 cm³/mol. The van der Waals surface area contributed by atoms with Crippen molar-refractivity contribution in [3.63, 3.8) is 0 Å². The van der Waals surface area contributed by atoms with Crippen molar-refractivity contribution in [2.24, 2.45) is 0 Å². The van der Waals surface area contributed by atoms with Crippen molar-refractivity contribution in [2.45, 2.75) is 37.5 Å². The first-order valence-corrected chi connectivity index (χ1v) is 12.6. The second-order valence-electron chi connectivity index (χ2n) is 9.51. The molecule has 1 saturated heterocycles. The Labute approximate surface area is 211 Å². The van der Waals surface area contributed by atoms with Crippen molar-refractivity contribution in [3.8, 4) is 11.5 Å². The summed E-state index contributed by atoms with van der Waals surface area (Å²) in [4.78, 5) is 4.63. The SMILES string of the molecule is C=C[C@@H]1CCC[C@H]([C@@H](Oc2cc3ccccc3c3ccccc23)c2ccnc3ccc(OC)cc23)N1. The monoisotopic (exact) mass is 474 g/mol. The van der Waals surface area contributed by atoms with Gasteiger partial charge in [0.05, 0.1) is 12.6 Å². The molecule has 1 fully saturated rings. The van der Waals surface area contributed by atoms with E-state index in [4.69, 9.17) is 9.47 Å². The van der Waals surface area contributed by atoms with Gasteiger partial charge in [-0.1, -0.05) is 54.6 Å². The van der Waals surface area contributed by atoms with Gasteiger partial charge in [-0.15, -0.1) is 6.58 Å². The van der Waals surface area contributed by atoms with E-state index in [1.165, 1.54) is 16.2 Å². The van der Waals surface area contributed by atoms with E-state index in [1.54, 1.807) is 7.11 Å². The molecule has 4 aromatic carbocycles. The highest BCUT2D eigenvalue weighted by Crippen LogP contribution is 2.39. The van der Waals surface area contributed by atoms with Crippen LogP contribution >= 0.6 is 0 Å². The van der Waals surface area contributed by atoms with E-state index in [2.05, 4.69) is 83.6 Å². The third-order valence-corrected chi connectivity index (χ3v) is 7.38. The Morgan fingerprint density at radius 1 is 0.917 bits per heavy atom. The lowest BCUT2D eigenvalue weighted by Crippen LogP contribution is -2.46. The van der Waals surface area contributed by atoms with Crippen LogP contribution in [-0.2, 0) is 0 Å². The molecule has 0 unspecified atom stereocenters. The van der Waals surface area contributed by atoms with Gasteiger partial charge in [0, 0.05) is 34.6 Å². The maximum atomic E-state index is 7.07. The quantitative estimate of drug-likeness (QED) is 0.206. The van der Waals surface area contributed by atoms with Crippen LogP contribution in [0.25, 0.3) is 32.4 Å². The molecule has 1 aliphatic rings. The second kappa shape index (κ2) is 9.63. The summed E-state index contributed by atoms with van der Waals surface area (Å²) >= 11 is 0. The number of fused-ring (bicyclic) bond motifs is 4. The number of piperidine rings is 1. The molecule has 180 valence electrons. The maximum absolute atomic E-state index is 7.07. The first-order valence-electron chi connectivity index (χ1n) is 12.6. The molecule has 0 amide bonds. The molecule has 0 spiro atoms. The molecule has 3 atom stereocenters. The van der Waals surface area contributed by atoms with Gasteiger partial charge in [-0.05, 0) is 65.8 Å². The molecule has 4 nitrogen and oxygen atoms in total. The van der Waals surface area contributed by atoms with Gasteiger partial charge in [0.25, 0.3) is 0 Å². The van der Waals surface area contributed by atoms with Crippen LogP contribution in [-0.4, -0.2) is 24.2 Å². The molecule has 0 saturated carbocycles. The van der Waals surface area contributed by atoms with E-state index in [0.29, 0.717) is 0 Å². The first-order chi connectivity index (χ1) is 17.7. The zero-order chi connectivity index (χ0) is 24.5. The first kappa shape index (κ1) is 22.6. The minimum Gasteiger partial charge on any atom is -0.497 e. The van der Waals surface area contributed by atoms with Crippen LogP contribution in [0.4, 0.5) is 0 Å². The van der Waals surface area contributed by atoms with Gasteiger partial charge in [0.15, 0.2) is 0 Å². The molecule has 0 aliphatic carbocycles. The van der Waals surface area contributed by atoms with Gasteiger partial charge in [-0.3, -0.25) is 4.98 Å². The predicted octanol–water partition coefficient (Wildman–Crippen LogP) is 7.37. The van der Waals surface area contributed by atoms with Gasteiger partial charge < -0.3 is 14.8 Å². The highest BCUT2D eigenvalue weighted by Gasteiger charge is 2.31. The van der Waals surface area contributed by atoms with Gasteiger partial charge in [-0.25, -0.2) is 0 Å². The van der Waals surface area contributed by atoms with Crippen molar-refractivity contribution >= 4 is 32.4 Å². The van der Waals surface area contributed by atoms with Crippen LogP contribution in [0, 0.1) is 0 Å². The van der Waals surface area contributed by atoms with E-state index < -0.39 is 0 Å². The molecule has 1 N–H and O–H groups in total. The molecule has 6 rings (SSSR count). The van der Waals surface area contributed by atoms with Crippen molar-refractivity contribution in [1.82, 2.24) is 10.3 Å². The fraction of sp³-hybridized carbons (Fsp3) is 0.219. The summed E-state index contributed by atoms with van der Waals surface area (Å²) in [6.45, 7) is 4.05. The standard InChI is InChI=1S/C32H30N2O2/c1-3-22-10-8-14-30(34-22)32(27-17-18-33-29-16-15-23(35-2)20-28(27)29)36-31-19-21-9-4-5-11-24(21)25-12-6-7-13-26(25)31/h3-7,9,11-13,15-20,22,30,32,34H,1,8,10,14H2,2H3/t22-,30-,32+/m1/s1. The average Bonchev–Trinajstić information content (AvgIpc) is 2.95. The lowest BCUT2D eigenvalue weighted by molar-refractivity contribution is 0.133. The number of hydrogen-bond acceptors (Lipinski definition) is 4. The molecule has 1 aliphatic heterocycles. The number of nitrogens with one attached hydrogen (secondary N) is 1. The van der Waals surface area contributed by atoms with Gasteiger partial charge in [0.2, 0.25) is 0 Å². The molecule has 5 aromatic rings. The van der Waals surface area contributed by atoms with E-state index >= 15 is 0 Å². The smallest absolute Gasteiger partial charge is 0.140 e. The average molecular weight is 475 g/mol. The van der Waals surface area contributed by atoms with E-state index in [1.807, 2.05) is 24.4 Å². The zero-order valence-electron chi connectivity index (χ0n) is 20.5. The number of hydrogen-bond donors (Lipinski definition) is 1. The Kier molecular flexibility index (Phi) is 6.04. The zero-order valence-corrected chi connectivity index (χ0v) is 20.5. The minimum absolute atomic E-state index is 0.129. The number of aromatic nitrogens is 1. The molecular formula is C32H30N2O2. The molecule has 36 heavy (non-hydrogen) atoms. The molecular weight excluding hydrogens is 444 g/mol. The lowest BCUT2D eigenvalue weighted by atomic mass is 9.90. The van der Waals surface area contributed by atoms with Gasteiger partial charge in [-0.2, -0.15) is 0 Å². The molecule has 4 heteroatoms. The van der Waals surface area contributed by atoms with Crippen LogP contribution < -0.4 is 14.8 Å². The normalized spacial score (nSPS) is 18.8. The van der Waals surface area contributed by atoms with Crippen LogP contribution in [0.1, 0.15) is 30.9 Å². The Morgan fingerprint density at radius 2 is 1.72 bits per heavy atom. The van der Waals surface area contributed by atoms with Crippen LogP contribution in [0.5, 0.6) is 11.5 Å². The molecule has 0 bridgehead atoms. The van der Waals surface area contributed by atoms with Crippen LogP contribution in [0.15, 0.2) is 97.7 Å². The lowest BCUT2D eigenvalue weighted by Gasteiger charge is -2.36. The maximum Gasteiger partial charge on any atom is 0.140 e. The Balaban J connectivity index is 1.53. The second-order valence-corrected chi connectivity index (χ2v) is 9.51. The highest BCUT2D eigenvalue weighted by atomic mass is 16.5. The summed E-state index contributed by atoms with van der Waals surface area (Å²) in [5.41, 5.74) is 2.04. The fourth-order valence-corrected chi connectivity index (χ4v) is 5.56.